The van der Waals surface area contributed by atoms with E-state index in [4.69, 9.17) is 4.74 Å². The van der Waals surface area contributed by atoms with E-state index in [1.54, 1.807) is 0 Å². The van der Waals surface area contributed by atoms with Crippen molar-refractivity contribution in [3.63, 3.8) is 0 Å². The van der Waals surface area contributed by atoms with Gasteiger partial charge in [-0.25, -0.2) is 9.69 Å². The Kier molecular flexibility index (Phi) is 6.95. The van der Waals surface area contributed by atoms with Crippen LogP contribution in [-0.4, -0.2) is 65.2 Å². The van der Waals surface area contributed by atoms with Crippen molar-refractivity contribution in [2.45, 2.75) is 63.6 Å². The van der Waals surface area contributed by atoms with Crippen LogP contribution in [-0.2, 0) is 9.53 Å². The van der Waals surface area contributed by atoms with Gasteiger partial charge in [-0.05, 0) is 66.1 Å². The summed E-state index contributed by atoms with van der Waals surface area (Å²) >= 11 is 0. The number of amides is 2. The van der Waals surface area contributed by atoms with E-state index in [0.717, 1.165) is 38.9 Å². The van der Waals surface area contributed by atoms with Crippen LogP contribution in [0.5, 0.6) is 0 Å². The Balaban J connectivity index is 0.00000144. The molecule has 0 saturated carbocycles. The van der Waals surface area contributed by atoms with Crippen molar-refractivity contribution in [3.8, 4) is 0 Å². The van der Waals surface area contributed by atoms with Gasteiger partial charge in [-0.1, -0.05) is 0 Å². The van der Waals surface area contributed by atoms with Crippen LogP contribution in [0.25, 0.3) is 0 Å². The number of likely N-dealkylation sites (tertiary alicyclic amines) is 1. The molecule has 0 radical (unpaired) electrons. The summed E-state index contributed by atoms with van der Waals surface area (Å²) in [5.74, 6) is -0.149. The van der Waals surface area contributed by atoms with Gasteiger partial charge in [0.05, 0.1) is 0 Å². The Hall–Kier alpha value is -0.560. The molecule has 3 fully saturated rings. The lowest BCUT2D eigenvalue weighted by molar-refractivity contribution is -0.144. The molecule has 3 rings (SSSR count). The number of piperidine rings is 2. The van der Waals surface area contributed by atoms with Crippen molar-refractivity contribution in [2.24, 2.45) is 0 Å². The average molecular weight is 382 g/mol. The summed E-state index contributed by atoms with van der Waals surface area (Å²) in [7, 11) is 0. The molecule has 3 heterocycles. The van der Waals surface area contributed by atoms with E-state index < -0.39 is 17.2 Å². The summed E-state index contributed by atoms with van der Waals surface area (Å²) in [4.78, 5) is 28.8. The first-order valence-corrected chi connectivity index (χ1v) is 8.36. The highest BCUT2D eigenvalue weighted by Gasteiger charge is 2.58. The summed E-state index contributed by atoms with van der Waals surface area (Å²) in [6.07, 6.45) is 3.26. The molecular weight excluding hydrogens is 353 g/mol. The molecular formula is C16H29Cl2N3O3. The number of halogens is 2. The Morgan fingerprint density at radius 3 is 2.33 bits per heavy atom. The zero-order valence-electron chi connectivity index (χ0n) is 14.7. The van der Waals surface area contributed by atoms with Crippen LogP contribution in [0.1, 0.15) is 46.5 Å². The highest BCUT2D eigenvalue weighted by atomic mass is 35.5. The summed E-state index contributed by atoms with van der Waals surface area (Å²) < 4.78 is 5.64. The maximum atomic E-state index is 12.9. The normalized spacial score (nSPS) is 29.2. The molecule has 1 spiro atoms. The molecule has 3 aliphatic rings. The molecule has 0 aromatic carbocycles. The minimum absolute atomic E-state index is 0. The Bertz CT molecular complexity index is 478. The van der Waals surface area contributed by atoms with Crippen molar-refractivity contribution in [1.29, 1.82) is 0 Å². The van der Waals surface area contributed by atoms with Crippen LogP contribution in [0.3, 0.4) is 0 Å². The summed E-state index contributed by atoms with van der Waals surface area (Å²) in [5.41, 5.74) is -1.48. The Morgan fingerprint density at radius 2 is 1.79 bits per heavy atom. The van der Waals surface area contributed by atoms with Gasteiger partial charge in [0.2, 0.25) is 5.60 Å². The maximum Gasteiger partial charge on any atom is 0.418 e. The quantitative estimate of drug-likeness (QED) is 0.754. The van der Waals surface area contributed by atoms with Gasteiger partial charge >= 0.3 is 6.09 Å². The fourth-order valence-electron chi connectivity index (χ4n) is 3.92. The monoisotopic (exact) mass is 381 g/mol. The number of nitrogens with one attached hydrogen (secondary N) is 1. The van der Waals surface area contributed by atoms with Crippen molar-refractivity contribution in [3.05, 3.63) is 0 Å². The molecule has 24 heavy (non-hydrogen) atoms. The smallest absolute Gasteiger partial charge is 0.418 e. The highest BCUT2D eigenvalue weighted by molar-refractivity contribution is 6.03. The number of hydrogen-bond acceptors (Lipinski definition) is 5. The second kappa shape index (κ2) is 7.77. The number of hydrogen-bond donors (Lipinski definition) is 1. The van der Waals surface area contributed by atoms with Crippen LogP contribution >= 0.6 is 24.8 Å². The third-order valence-electron chi connectivity index (χ3n) is 5.04. The van der Waals surface area contributed by atoms with Gasteiger partial charge in [0, 0.05) is 18.1 Å². The summed E-state index contributed by atoms with van der Waals surface area (Å²) in [5, 5.41) is 3.37. The number of carbonyl (C=O) groups is 2. The lowest BCUT2D eigenvalue weighted by atomic mass is 9.88. The number of imide groups is 1. The summed E-state index contributed by atoms with van der Waals surface area (Å²) in [6.45, 7) is 9.21. The van der Waals surface area contributed by atoms with Gasteiger partial charge in [0.1, 0.15) is 0 Å². The number of carbonyl (C=O) groups excluding carboxylic acids is 2. The van der Waals surface area contributed by atoms with Gasteiger partial charge in [0.15, 0.2) is 0 Å². The molecule has 3 saturated heterocycles. The van der Waals surface area contributed by atoms with E-state index in [2.05, 4.69) is 10.2 Å². The van der Waals surface area contributed by atoms with Crippen LogP contribution in [0.2, 0.25) is 0 Å². The predicted molar refractivity (Wildman–Crippen MR) is 97.0 cm³/mol. The molecule has 3 aliphatic heterocycles. The fourth-order valence-corrected chi connectivity index (χ4v) is 3.92. The van der Waals surface area contributed by atoms with Crippen LogP contribution in [0.15, 0.2) is 0 Å². The van der Waals surface area contributed by atoms with E-state index in [1.807, 2.05) is 20.8 Å². The maximum absolute atomic E-state index is 12.9. The lowest BCUT2D eigenvalue weighted by Gasteiger charge is -2.42. The molecule has 1 atom stereocenters. The zero-order chi connectivity index (χ0) is 16.0. The second-order valence-electron chi connectivity index (χ2n) is 7.73. The standard InChI is InChI=1S/C16H27N3O3.2ClH/c1-15(2,3)19-13(20)16(22-14(19)21)7-4-10-18(11-16)12-5-8-17-9-6-12;;/h12,17H,4-11H2,1-3H3;2*1H. The molecule has 8 heteroatoms. The van der Waals surface area contributed by atoms with Gasteiger partial charge in [-0.3, -0.25) is 9.69 Å². The topological polar surface area (TPSA) is 61.9 Å². The van der Waals surface area contributed by atoms with Crippen molar-refractivity contribution >= 4 is 36.8 Å². The zero-order valence-corrected chi connectivity index (χ0v) is 16.3. The molecule has 6 nitrogen and oxygen atoms in total. The fraction of sp³-hybridized carbons (Fsp3) is 0.875. The van der Waals surface area contributed by atoms with Crippen molar-refractivity contribution < 1.29 is 14.3 Å². The largest absolute Gasteiger partial charge is 0.431 e. The first-order valence-electron chi connectivity index (χ1n) is 8.36. The molecule has 0 bridgehead atoms. The second-order valence-corrected chi connectivity index (χ2v) is 7.73. The number of ether oxygens (including phenoxy) is 1. The van der Waals surface area contributed by atoms with Gasteiger partial charge in [-0.15, -0.1) is 24.8 Å². The van der Waals surface area contributed by atoms with Crippen molar-refractivity contribution in [1.82, 2.24) is 15.1 Å². The molecule has 2 amide bonds. The summed E-state index contributed by atoms with van der Waals surface area (Å²) in [6, 6.07) is 0.494. The average Bonchev–Trinajstić information content (AvgIpc) is 2.70. The lowest BCUT2D eigenvalue weighted by Crippen LogP contribution is -2.58. The Morgan fingerprint density at radius 1 is 1.17 bits per heavy atom. The third-order valence-corrected chi connectivity index (χ3v) is 5.04. The molecule has 140 valence electrons. The van der Waals surface area contributed by atoms with E-state index in [0.29, 0.717) is 19.0 Å². The predicted octanol–water partition coefficient (Wildman–Crippen LogP) is 2.19. The van der Waals surface area contributed by atoms with E-state index >= 15 is 0 Å². The van der Waals surface area contributed by atoms with Crippen LogP contribution < -0.4 is 5.32 Å². The van der Waals surface area contributed by atoms with E-state index in [9.17, 15) is 9.59 Å². The van der Waals surface area contributed by atoms with E-state index in [-0.39, 0.29) is 30.7 Å². The Labute approximate surface area is 156 Å². The molecule has 0 aromatic heterocycles. The first-order chi connectivity index (χ1) is 10.3. The molecule has 0 aliphatic carbocycles. The minimum Gasteiger partial charge on any atom is -0.431 e. The first kappa shape index (κ1) is 21.5. The SMILES string of the molecule is CC(C)(C)N1C(=O)OC2(CCCN(C3CCNCC3)C2)C1=O.Cl.Cl. The van der Waals surface area contributed by atoms with Crippen LogP contribution in [0, 0.1) is 0 Å². The van der Waals surface area contributed by atoms with Crippen molar-refractivity contribution in [2.75, 3.05) is 26.2 Å². The minimum atomic E-state index is -0.951. The van der Waals surface area contributed by atoms with E-state index in [1.165, 1.54) is 4.90 Å². The van der Waals surface area contributed by atoms with Gasteiger partial charge < -0.3 is 10.1 Å². The number of rotatable bonds is 1. The highest BCUT2D eigenvalue weighted by Crippen LogP contribution is 2.37. The third kappa shape index (κ3) is 3.82. The van der Waals surface area contributed by atoms with Gasteiger partial charge in [0.25, 0.3) is 5.91 Å². The number of nitrogens with zero attached hydrogens (tertiary/aromatic N) is 2. The van der Waals surface area contributed by atoms with Gasteiger partial charge in [-0.2, -0.15) is 0 Å². The molecule has 1 unspecified atom stereocenters. The molecule has 1 N–H and O–H groups in total. The van der Waals surface area contributed by atoms with Crippen LogP contribution in [0.4, 0.5) is 4.79 Å². The molecule has 0 aromatic rings.